The summed E-state index contributed by atoms with van der Waals surface area (Å²) in [6.07, 6.45) is 2.12. The highest BCUT2D eigenvalue weighted by Gasteiger charge is 2.51. The Morgan fingerprint density at radius 2 is 2.25 bits per heavy atom. The predicted molar refractivity (Wildman–Crippen MR) is 39.4 cm³/mol. The molecule has 0 aromatic rings. The number of hydrogen-bond acceptors (Lipinski definition) is 4. The summed E-state index contributed by atoms with van der Waals surface area (Å²) in [7, 11) is 0. The van der Waals surface area contributed by atoms with E-state index in [1.165, 1.54) is 6.92 Å². The Balaban J connectivity index is 2.00. The van der Waals surface area contributed by atoms with Crippen molar-refractivity contribution in [2.24, 2.45) is 0 Å². The number of rotatable bonds is 1. The number of aliphatic hydroxyl groups is 1. The average Bonchev–Trinajstić information content (AvgIpc) is 2.73. The van der Waals surface area contributed by atoms with Crippen LogP contribution in [0.4, 0.5) is 0 Å². The van der Waals surface area contributed by atoms with Crippen LogP contribution in [0.2, 0.25) is 0 Å². The maximum absolute atomic E-state index is 10.6. The summed E-state index contributed by atoms with van der Waals surface area (Å²) in [6, 6.07) is 0. The first-order valence-electron chi connectivity index (χ1n) is 3.87. The van der Waals surface area contributed by atoms with Crippen LogP contribution < -0.4 is 0 Å². The lowest BCUT2D eigenvalue weighted by molar-refractivity contribution is -0.145. The van der Waals surface area contributed by atoms with Crippen LogP contribution >= 0.6 is 0 Å². The normalized spacial score (nSPS) is 43.5. The van der Waals surface area contributed by atoms with Crippen molar-refractivity contribution in [3.8, 4) is 0 Å². The fourth-order valence-corrected chi connectivity index (χ4v) is 1.42. The maximum Gasteiger partial charge on any atom is 0.303 e. The highest BCUT2D eigenvalue weighted by molar-refractivity contribution is 5.66. The van der Waals surface area contributed by atoms with Gasteiger partial charge in [-0.05, 0) is 6.08 Å². The lowest BCUT2D eigenvalue weighted by Gasteiger charge is -2.14. The zero-order chi connectivity index (χ0) is 8.72. The number of carbonyl (C=O) groups excluding carboxylic acids is 1. The fourth-order valence-electron chi connectivity index (χ4n) is 1.42. The first-order chi connectivity index (χ1) is 5.68. The van der Waals surface area contributed by atoms with Gasteiger partial charge in [-0.25, -0.2) is 0 Å². The average molecular weight is 170 g/mol. The number of ether oxygens (including phenoxy) is 2. The molecule has 1 N–H and O–H groups in total. The van der Waals surface area contributed by atoms with Crippen LogP contribution in [0.1, 0.15) is 6.92 Å². The van der Waals surface area contributed by atoms with E-state index in [-0.39, 0.29) is 24.3 Å². The minimum absolute atomic E-state index is 0.131. The summed E-state index contributed by atoms with van der Waals surface area (Å²) >= 11 is 0. The summed E-state index contributed by atoms with van der Waals surface area (Å²) in [5, 5.41) is 9.22. The molecule has 66 valence electrons. The van der Waals surface area contributed by atoms with E-state index in [1.54, 1.807) is 12.2 Å². The van der Waals surface area contributed by atoms with Crippen LogP contribution in [-0.2, 0) is 14.3 Å². The maximum atomic E-state index is 10.6. The summed E-state index contributed by atoms with van der Waals surface area (Å²) in [5.74, 6) is -0.324. The summed E-state index contributed by atoms with van der Waals surface area (Å²) in [4.78, 5) is 10.6. The Kier molecular flexibility index (Phi) is 1.66. The molecule has 12 heavy (non-hydrogen) atoms. The number of aliphatic hydroxyl groups excluding tert-OH is 1. The molecule has 0 radical (unpaired) electrons. The molecule has 2 rings (SSSR count). The predicted octanol–water partition coefficient (Wildman–Crippen LogP) is -0.384. The van der Waals surface area contributed by atoms with Crippen molar-refractivity contribution < 1.29 is 19.4 Å². The lowest BCUT2D eigenvalue weighted by atomic mass is 10.0. The Labute approximate surface area is 69.8 Å². The fraction of sp³-hybridized carbons (Fsp3) is 0.625. The monoisotopic (exact) mass is 170 g/mol. The molecule has 0 spiro atoms. The first-order valence-corrected chi connectivity index (χ1v) is 3.87. The molecule has 0 aromatic carbocycles. The number of carbonyl (C=O) groups is 1. The summed E-state index contributed by atoms with van der Waals surface area (Å²) in [6.45, 7) is 1.36. The molecule has 4 atom stereocenters. The topological polar surface area (TPSA) is 59.1 Å². The molecule has 4 heteroatoms. The SMILES string of the molecule is CC(=O)O[C@@H]1C=C[C@H](O)[C@@H]2O[C@@H]21. The molecule has 0 aromatic heterocycles. The second-order valence-corrected chi connectivity index (χ2v) is 3.01. The van der Waals surface area contributed by atoms with Crippen LogP contribution in [0.25, 0.3) is 0 Å². The van der Waals surface area contributed by atoms with Gasteiger partial charge in [0.1, 0.15) is 24.4 Å². The van der Waals surface area contributed by atoms with E-state index in [4.69, 9.17) is 9.47 Å². The van der Waals surface area contributed by atoms with Gasteiger partial charge in [0.15, 0.2) is 0 Å². The largest absolute Gasteiger partial charge is 0.455 e. The van der Waals surface area contributed by atoms with Crippen LogP contribution in [0.15, 0.2) is 12.2 Å². The molecule has 0 bridgehead atoms. The molecular weight excluding hydrogens is 160 g/mol. The van der Waals surface area contributed by atoms with Gasteiger partial charge in [-0.2, -0.15) is 0 Å². The molecule has 2 aliphatic rings. The van der Waals surface area contributed by atoms with Crippen molar-refractivity contribution in [1.82, 2.24) is 0 Å². The molecule has 1 aliphatic carbocycles. The molecule has 0 unspecified atom stereocenters. The molecule has 1 heterocycles. The van der Waals surface area contributed by atoms with E-state index in [2.05, 4.69) is 0 Å². The smallest absolute Gasteiger partial charge is 0.303 e. The van der Waals surface area contributed by atoms with Gasteiger partial charge in [0.05, 0.1) is 0 Å². The van der Waals surface area contributed by atoms with Gasteiger partial charge in [-0.15, -0.1) is 0 Å². The highest BCUT2D eigenvalue weighted by atomic mass is 16.6. The zero-order valence-electron chi connectivity index (χ0n) is 6.64. The van der Waals surface area contributed by atoms with E-state index in [9.17, 15) is 9.90 Å². The number of fused-ring (bicyclic) bond motifs is 1. The Morgan fingerprint density at radius 3 is 2.92 bits per heavy atom. The number of esters is 1. The van der Waals surface area contributed by atoms with Gasteiger partial charge in [-0.1, -0.05) is 6.08 Å². The molecule has 4 nitrogen and oxygen atoms in total. The Morgan fingerprint density at radius 1 is 1.50 bits per heavy atom. The standard InChI is InChI=1S/C8H10O4/c1-4(9)11-6-3-2-5(10)7-8(6)12-7/h2-3,5-8,10H,1H3/t5-,6+,7-,8+/m0/s1. The second-order valence-electron chi connectivity index (χ2n) is 3.01. The number of epoxide rings is 1. The molecule has 1 fully saturated rings. The molecule has 0 saturated carbocycles. The van der Waals surface area contributed by atoms with Gasteiger partial charge in [0.25, 0.3) is 0 Å². The van der Waals surface area contributed by atoms with Crippen LogP contribution in [0.3, 0.4) is 0 Å². The molecule has 1 aliphatic heterocycles. The highest BCUT2D eigenvalue weighted by Crippen LogP contribution is 2.34. The van der Waals surface area contributed by atoms with Crippen molar-refractivity contribution in [1.29, 1.82) is 0 Å². The third kappa shape index (κ3) is 1.23. The number of hydrogen-bond donors (Lipinski definition) is 1. The van der Waals surface area contributed by atoms with E-state index in [0.29, 0.717) is 0 Å². The minimum Gasteiger partial charge on any atom is -0.455 e. The third-order valence-corrected chi connectivity index (χ3v) is 2.02. The van der Waals surface area contributed by atoms with Gasteiger partial charge in [-0.3, -0.25) is 4.79 Å². The zero-order valence-corrected chi connectivity index (χ0v) is 6.64. The van der Waals surface area contributed by atoms with Crippen LogP contribution in [0, 0.1) is 0 Å². The van der Waals surface area contributed by atoms with Gasteiger partial charge in [0, 0.05) is 6.92 Å². The van der Waals surface area contributed by atoms with Crippen LogP contribution in [0.5, 0.6) is 0 Å². The quantitative estimate of drug-likeness (QED) is 0.331. The van der Waals surface area contributed by atoms with Crippen molar-refractivity contribution in [3.63, 3.8) is 0 Å². The molecular formula is C8H10O4. The Hall–Kier alpha value is -0.870. The van der Waals surface area contributed by atoms with Gasteiger partial charge < -0.3 is 14.6 Å². The van der Waals surface area contributed by atoms with Gasteiger partial charge >= 0.3 is 5.97 Å². The van der Waals surface area contributed by atoms with Crippen molar-refractivity contribution in [2.75, 3.05) is 0 Å². The van der Waals surface area contributed by atoms with Crippen molar-refractivity contribution >= 4 is 5.97 Å². The third-order valence-electron chi connectivity index (χ3n) is 2.02. The van der Waals surface area contributed by atoms with Crippen LogP contribution in [-0.4, -0.2) is 35.5 Å². The first kappa shape index (κ1) is 7.76. The van der Waals surface area contributed by atoms with Gasteiger partial charge in [0.2, 0.25) is 0 Å². The van der Waals surface area contributed by atoms with Crippen molar-refractivity contribution in [2.45, 2.75) is 31.3 Å². The van der Waals surface area contributed by atoms with E-state index < -0.39 is 6.10 Å². The van der Waals surface area contributed by atoms with E-state index in [1.807, 2.05) is 0 Å². The Bertz CT molecular complexity index is 235. The molecule has 0 amide bonds. The van der Waals surface area contributed by atoms with E-state index in [0.717, 1.165) is 0 Å². The second kappa shape index (κ2) is 2.57. The van der Waals surface area contributed by atoms with E-state index >= 15 is 0 Å². The lowest BCUT2D eigenvalue weighted by Crippen LogP contribution is -2.29. The van der Waals surface area contributed by atoms with Crippen molar-refractivity contribution in [3.05, 3.63) is 12.2 Å². The molecule has 1 saturated heterocycles. The minimum atomic E-state index is -0.540. The summed E-state index contributed by atoms with van der Waals surface area (Å²) < 4.78 is 10.0. The summed E-state index contributed by atoms with van der Waals surface area (Å²) in [5.41, 5.74) is 0.